The maximum atomic E-state index is 13.4. The molecule has 4 heterocycles. The van der Waals surface area contributed by atoms with Gasteiger partial charge in [-0.2, -0.15) is 15.3 Å². The van der Waals surface area contributed by atoms with E-state index in [-0.39, 0.29) is 17.9 Å². The molecule has 40 heavy (non-hydrogen) atoms. The first kappa shape index (κ1) is 26.9. The van der Waals surface area contributed by atoms with E-state index in [1.165, 1.54) is 10.9 Å². The summed E-state index contributed by atoms with van der Waals surface area (Å²) in [6.07, 6.45) is 6.17. The average molecular weight is 545 g/mol. The van der Waals surface area contributed by atoms with Crippen LogP contribution in [0.25, 0.3) is 5.82 Å². The normalized spacial score (nSPS) is 19.5. The highest BCUT2D eigenvalue weighted by Gasteiger charge is 2.43. The van der Waals surface area contributed by atoms with Crippen LogP contribution in [-0.2, 0) is 9.53 Å². The van der Waals surface area contributed by atoms with Gasteiger partial charge in [0.1, 0.15) is 23.3 Å². The number of halogens is 1. The van der Waals surface area contributed by atoms with E-state index in [1.54, 1.807) is 38.4 Å². The molecule has 1 amide bonds. The Morgan fingerprint density at radius 3 is 2.65 bits per heavy atom. The van der Waals surface area contributed by atoms with E-state index in [0.29, 0.717) is 60.3 Å². The minimum absolute atomic E-state index is 0.0114. The number of nitrogens with one attached hydrogen (secondary N) is 3. The Labute approximate surface area is 230 Å². The summed E-state index contributed by atoms with van der Waals surface area (Å²) in [7, 11) is 1.55. The smallest absolute Gasteiger partial charge is 0.252 e. The second-order valence-corrected chi connectivity index (χ2v) is 9.83. The Kier molecular flexibility index (Phi) is 7.52. The van der Waals surface area contributed by atoms with Crippen LogP contribution in [0.1, 0.15) is 67.2 Å². The lowest BCUT2D eigenvalue weighted by Gasteiger charge is -2.38. The lowest BCUT2D eigenvalue weighted by Crippen LogP contribution is -2.50. The molecule has 12 nitrogen and oxygen atoms in total. The monoisotopic (exact) mass is 544 g/mol. The van der Waals surface area contributed by atoms with Gasteiger partial charge in [0, 0.05) is 19.2 Å². The molecule has 0 spiro atoms. The van der Waals surface area contributed by atoms with Crippen molar-refractivity contribution in [3.63, 3.8) is 0 Å². The molecule has 4 aromatic rings. The van der Waals surface area contributed by atoms with Crippen LogP contribution in [0.2, 0.25) is 0 Å². The van der Waals surface area contributed by atoms with Crippen LogP contribution in [0.4, 0.5) is 16.2 Å². The summed E-state index contributed by atoms with van der Waals surface area (Å²) < 4.78 is 20.4. The number of carbonyl (C=O) groups is 1. The third-order valence-electron chi connectivity index (χ3n) is 7.27. The number of anilines is 2. The van der Waals surface area contributed by atoms with Gasteiger partial charge >= 0.3 is 0 Å². The van der Waals surface area contributed by atoms with Gasteiger partial charge in [0.2, 0.25) is 5.95 Å². The molecule has 1 fully saturated rings. The number of ether oxygens (including phenoxy) is 1. The highest BCUT2D eigenvalue weighted by atomic mass is 19.1. The Hall–Kier alpha value is -4.70. The SMILES string of the molecule is COC1(C(=O)N[C@@H](C)c2ccc(-n3cc(F)cn3)nc2)CCC(c2nc(Nc3n[nH]c(C)n3)ccc2C#N)CC1. The topological polar surface area (TPSA) is 159 Å². The summed E-state index contributed by atoms with van der Waals surface area (Å²) in [4.78, 5) is 26.7. The van der Waals surface area contributed by atoms with Gasteiger partial charge in [0.05, 0.1) is 29.7 Å². The van der Waals surface area contributed by atoms with Crippen LogP contribution in [0.5, 0.6) is 0 Å². The Balaban J connectivity index is 1.24. The van der Waals surface area contributed by atoms with E-state index in [1.807, 2.05) is 13.0 Å². The molecule has 206 valence electrons. The molecule has 0 aromatic carbocycles. The van der Waals surface area contributed by atoms with Gasteiger partial charge in [0.15, 0.2) is 11.6 Å². The zero-order valence-corrected chi connectivity index (χ0v) is 22.3. The summed E-state index contributed by atoms with van der Waals surface area (Å²) in [5.41, 5.74) is 0.975. The molecule has 0 aliphatic heterocycles. The molecular weight excluding hydrogens is 515 g/mol. The highest BCUT2D eigenvalue weighted by molar-refractivity contribution is 5.85. The number of amides is 1. The standard InChI is InChI=1S/C27H29FN10O2/c1-16(20-5-7-23(30-13-20)38-15-21(28)14-31-38)32-25(39)27(40-3)10-8-18(9-11-27)24-19(12-29)4-6-22(34-24)35-26-33-17(2)36-37-26/h4-7,13-16,18H,8-11H2,1-3H3,(H,32,39)(H2,33,34,35,36,37)/t16-,18?,27?/m0/s1. The van der Waals surface area contributed by atoms with E-state index in [9.17, 15) is 14.4 Å². The quantitative estimate of drug-likeness (QED) is 0.300. The molecule has 0 bridgehead atoms. The van der Waals surface area contributed by atoms with Crippen molar-refractivity contribution in [2.75, 3.05) is 12.4 Å². The Bertz CT molecular complexity index is 1530. The van der Waals surface area contributed by atoms with Crippen LogP contribution in [0, 0.1) is 24.1 Å². The minimum Gasteiger partial charge on any atom is -0.368 e. The summed E-state index contributed by atoms with van der Waals surface area (Å²) in [5, 5.41) is 26.6. The number of aromatic amines is 1. The van der Waals surface area contributed by atoms with E-state index < -0.39 is 11.4 Å². The van der Waals surface area contributed by atoms with Crippen molar-refractivity contribution in [3.05, 3.63) is 71.3 Å². The predicted molar refractivity (Wildman–Crippen MR) is 142 cm³/mol. The number of H-pyrrole nitrogens is 1. The van der Waals surface area contributed by atoms with Crippen molar-refractivity contribution in [2.45, 2.75) is 57.1 Å². The second kappa shape index (κ2) is 11.2. The second-order valence-electron chi connectivity index (χ2n) is 9.83. The number of rotatable bonds is 8. The van der Waals surface area contributed by atoms with Crippen molar-refractivity contribution in [1.82, 2.24) is 40.2 Å². The number of methoxy groups -OCH3 is 1. The minimum atomic E-state index is -0.996. The first-order valence-corrected chi connectivity index (χ1v) is 12.9. The number of hydrogen-bond acceptors (Lipinski definition) is 9. The number of carbonyl (C=O) groups excluding carboxylic acids is 1. The number of nitrogens with zero attached hydrogens (tertiary/aromatic N) is 7. The molecule has 0 radical (unpaired) electrons. The fraction of sp³-hybridized carbons (Fsp3) is 0.370. The molecule has 1 atom stereocenters. The van der Waals surface area contributed by atoms with E-state index >= 15 is 0 Å². The molecule has 5 rings (SSSR count). The van der Waals surface area contributed by atoms with Crippen molar-refractivity contribution < 1.29 is 13.9 Å². The summed E-state index contributed by atoms with van der Waals surface area (Å²) in [6, 6.07) is 8.90. The molecule has 0 saturated heterocycles. The van der Waals surface area contributed by atoms with Crippen LogP contribution in [0.3, 0.4) is 0 Å². The number of aryl methyl sites for hydroxylation is 1. The molecular formula is C27H29FN10O2. The van der Waals surface area contributed by atoms with Crippen molar-refractivity contribution >= 4 is 17.7 Å². The number of pyridine rings is 2. The van der Waals surface area contributed by atoms with Crippen LogP contribution < -0.4 is 10.6 Å². The van der Waals surface area contributed by atoms with E-state index in [0.717, 1.165) is 11.8 Å². The van der Waals surface area contributed by atoms with Gasteiger partial charge in [-0.1, -0.05) is 6.07 Å². The summed E-state index contributed by atoms with van der Waals surface area (Å²) in [5.74, 6) is 1.42. The first-order valence-electron chi connectivity index (χ1n) is 12.9. The summed E-state index contributed by atoms with van der Waals surface area (Å²) >= 11 is 0. The lowest BCUT2D eigenvalue weighted by atomic mass is 9.76. The molecule has 0 unspecified atom stereocenters. The third-order valence-corrected chi connectivity index (χ3v) is 7.27. The highest BCUT2D eigenvalue weighted by Crippen LogP contribution is 2.41. The van der Waals surface area contributed by atoms with Gasteiger partial charge < -0.3 is 15.4 Å². The largest absolute Gasteiger partial charge is 0.368 e. The van der Waals surface area contributed by atoms with Gasteiger partial charge in [0.25, 0.3) is 5.91 Å². The van der Waals surface area contributed by atoms with Crippen LogP contribution >= 0.6 is 0 Å². The van der Waals surface area contributed by atoms with Crippen molar-refractivity contribution in [2.24, 2.45) is 0 Å². The Morgan fingerprint density at radius 2 is 2.05 bits per heavy atom. The maximum absolute atomic E-state index is 13.4. The molecule has 13 heteroatoms. The molecule has 1 aliphatic rings. The number of hydrogen-bond donors (Lipinski definition) is 3. The average Bonchev–Trinajstić information content (AvgIpc) is 3.60. The maximum Gasteiger partial charge on any atom is 0.252 e. The molecule has 4 aromatic heterocycles. The fourth-order valence-electron chi connectivity index (χ4n) is 4.97. The lowest BCUT2D eigenvalue weighted by molar-refractivity contribution is -0.148. The van der Waals surface area contributed by atoms with Crippen molar-refractivity contribution in [3.8, 4) is 11.9 Å². The van der Waals surface area contributed by atoms with E-state index in [2.05, 4.69) is 42.0 Å². The number of aromatic nitrogens is 7. The molecule has 1 aliphatic carbocycles. The number of nitriles is 1. The predicted octanol–water partition coefficient (Wildman–Crippen LogP) is 3.76. The fourth-order valence-corrected chi connectivity index (χ4v) is 4.97. The van der Waals surface area contributed by atoms with Gasteiger partial charge in [-0.15, -0.1) is 5.10 Å². The third kappa shape index (κ3) is 5.52. The molecule has 1 saturated carbocycles. The zero-order chi connectivity index (χ0) is 28.3. The van der Waals surface area contributed by atoms with Gasteiger partial charge in [-0.25, -0.2) is 19.0 Å². The van der Waals surface area contributed by atoms with Crippen molar-refractivity contribution in [1.29, 1.82) is 5.26 Å². The van der Waals surface area contributed by atoms with Crippen LogP contribution in [0.15, 0.2) is 42.9 Å². The first-order chi connectivity index (χ1) is 19.3. The summed E-state index contributed by atoms with van der Waals surface area (Å²) in [6.45, 7) is 3.67. The van der Waals surface area contributed by atoms with E-state index in [4.69, 9.17) is 9.72 Å². The van der Waals surface area contributed by atoms with Crippen LogP contribution in [-0.4, -0.2) is 53.5 Å². The van der Waals surface area contributed by atoms with Gasteiger partial charge in [-0.05, 0) is 63.3 Å². The zero-order valence-electron chi connectivity index (χ0n) is 22.3. The van der Waals surface area contributed by atoms with Gasteiger partial charge in [-0.3, -0.25) is 9.89 Å². The molecule has 3 N–H and O–H groups in total. The Morgan fingerprint density at radius 1 is 1.25 bits per heavy atom.